The topological polar surface area (TPSA) is 79.4 Å². The number of carbonyl (C=O) groups excluding carboxylic acids is 1. The van der Waals surface area contributed by atoms with E-state index >= 15 is 0 Å². The molecule has 0 aliphatic carbocycles. The van der Waals surface area contributed by atoms with Gasteiger partial charge in [-0.3, -0.25) is 0 Å². The molecule has 0 aliphatic heterocycles. The van der Waals surface area contributed by atoms with Crippen molar-refractivity contribution in [2.75, 3.05) is 6.61 Å². The largest absolute Gasteiger partial charge is 0.449 e. The Morgan fingerprint density at radius 1 is 1.76 bits per heavy atom. The predicted octanol–water partition coefficient (Wildman–Crippen LogP) is 1.29. The fourth-order valence-electron chi connectivity index (χ4n) is 1.28. The molecule has 1 rings (SSSR count). The van der Waals surface area contributed by atoms with Crippen molar-refractivity contribution in [1.29, 1.82) is 5.26 Å². The molecule has 1 heterocycles. The number of hydrogen-bond acceptors (Lipinski definition) is 4. The van der Waals surface area contributed by atoms with E-state index in [0.717, 1.165) is 11.3 Å². The second kappa shape index (κ2) is 5.70. The Hall–Kier alpha value is -2.29. The molecule has 0 aromatic carbocycles. The zero-order valence-electron chi connectivity index (χ0n) is 10.0. The molecule has 1 N–H and O–H groups in total. The summed E-state index contributed by atoms with van der Waals surface area (Å²) >= 11 is 0. The maximum Gasteiger partial charge on any atom is 0.427 e. The lowest BCUT2D eigenvalue weighted by atomic mass is 10.3. The Balaban J connectivity index is 2.73. The van der Waals surface area contributed by atoms with Crippen LogP contribution in [0.25, 0.3) is 0 Å². The number of hydrazone groups is 1. The van der Waals surface area contributed by atoms with E-state index in [1.54, 1.807) is 24.6 Å². The summed E-state index contributed by atoms with van der Waals surface area (Å²) in [5.74, 6) is 0. The molecule has 1 amide bonds. The van der Waals surface area contributed by atoms with E-state index in [-0.39, 0.29) is 0 Å². The van der Waals surface area contributed by atoms with Crippen LogP contribution in [0.3, 0.4) is 0 Å². The van der Waals surface area contributed by atoms with Crippen LogP contribution in [0.1, 0.15) is 23.9 Å². The van der Waals surface area contributed by atoms with Crippen molar-refractivity contribution < 1.29 is 9.53 Å². The number of nitriles is 1. The molecule has 6 nitrogen and oxygen atoms in total. The number of rotatable bonds is 3. The zero-order chi connectivity index (χ0) is 12.8. The molecular weight excluding hydrogens is 220 g/mol. The summed E-state index contributed by atoms with van der Waals surface area (Å²) in [7, 11) is 1.80. The van der Waals surface area contributed by atoms with Crippen molar-refractivity contribution in [1.82, 2.24) is 9.99 Å². The lowest BCUT2D eigenvalue weighted by Crippen LogP contribution is -2.18. The van der Waals surface area contributed by atoms with Gasteiger partial charge in [0.05, 0.1) is 12.8 Å². The maximum atomic E-state index is 10.9. The van der Waals surface area contributed by atoms with Gasteiger partial charge in [0.25, 0.3) is 0 Å². The Morgan fingerprint density at radius 2 is 2.47 bits per heavy atom. The summed E-state index contributed by atoms with van der Waals surface area (Å²) in [4.78, 5) is 10.9. The minimum atomic E-state index is -0.599. The minimum Gasteiger partial charge on any atom is -0.449 e. The first kappa shape index (κ1) is 12.8. The van der Waals surface area contributed by atoms with Gasteiger partial charge in [-0.15, -0.1) is 0 Å². The smallest absolute Gasteiger partial charge is 0.427 e. The first-order chi connectivity index (χ1) is 8.10. The van der Waals surface area contributed by atoms with Crippen molar-refractivity contribution in [3.63, 3.8) is 0 Å². The van der Waals surface area contributed by atoms with Crippen LogP contribution in [-0.4, -0.2) is 23.5 Å². The van der Waals surface area contributed by atoms with Gasteiger partial charge >= 0.3 is 6.09 Å². The summed E-state index contributed by atoms with van der Waals surface area (Å²) in [6, 6.07) is 3.77. The molecule has 0 bridgehead atoms. The Labute approximate surface area is 99.5 Å². The van der Waals surface area contributed by atoms with E-state index in [1.165, 1.54) is 6.21 Å². The van der Waals surface area contributed by atoms with Crippen LogP contribution in [0.4, 0.5) is 4.79 Å². The molecule has 1 aromatic heterocycles. The van der Waals surface area contributed by atoms with Crippen LogP contribution in [0, 0.1) is 18.3 Å². The highest BCUT2D eigenvalue weighted by Gasteiger charge is 2.06. The van der Waals surface area contributed by atoms with Gasteiger partial charge in [0, 0.05) is 18.3 Å². The summed E-state index contributed by atoms with van der Waals surface area (Å²) < 4.78 is 6.39. The first-order valence-electron chi connectivity index (χ1n) is 5.12. The van der Waals surface area contributed by atoms with Crippen LogP contribution in [0.2, 0.25) is 0 Å². The maximum absolute atomic E-state index is 10.9. The van der Waals surface area contributed by atoms with Crippen LogP contribution >= 0.6 is 0 Å². The van der Waals surface area contributed by atoms with Gasteiger partial charge in [-0.1, -0.05) is 0 Å². The van der Waals surface area contributed by atoms with Crippen LogP contribution in [0.15, 0.2) is 11.2 Å². The highest BCUT2D eigenvalue weighted by molar-refractivity contribution is 5.83. The van der Waals surface area contributed by atoms with Crippen molar-refractivity contribution in [2.45, 2.75) is 13.8 Å². The monoisotopic (exact) mass is 234 g/mol. The van der Waals surface area contributed by atoms with Crippen molar-refractivity contribution in [3.05, 3.63) is 23.0 Å². The van der Waals surface area contributed by atoms with E-state index in [4.69, 9.17) is 5.26 Å². The molecule has 0 fully saturated rings. The van der Waals surface area contributed by atoms with Gasteiger partial charge < -0.3 is 9.30 Å². The second-order valence-corrected chi connectivity index (χ2v) is 3.33. The summed E-state index contributed by atoms with van der Waals surface area (Å²) in [5, 5.41) is 12.6. The van der Waals surface area contributed by atoms with Crippen LogP contribution in [-0.2, 0) is 11.8 Å². The van der Waals surface area contributed by atoms with E-state index in [9.17, 15) is 4.79 Å². The third-order valence-corrected chi connectivity index (χ3v) is 2.32. The number of nitrogens with zero attached hydrogens (tertiary/aromatic N) is 3. The fraction of sp³-hybridized carbons (Fsp3) is 0.364. The highest BCUT2D eigenvalue weighted by atomic mass is 16.5. The molecule has 0 radical (unpaired) electrons. The Bertz CT molecular complexity index is 482. The van der Waals surface area contributed by atoms with Gasteiger partial charge in [0.1, 0.15) is 11.8 Å². The number of amides is 1. The number of carbonyl (C=O) groups is 1. The Kier molecular flexibility index (Phi) is 4.29. The predicted molar refractivity (Wildman–Crippen MR) is 62.6 cm³/mol. The van der Waals surface area contributed by atoms with Crippen molar-refractivity contribution >= 4 is 12.3 Å². The van der Waals surface area contributed by atoms with Gasteiger partial charge in [-0.05, 0) is 19.9 Å². The second-order valence-electron chi connectivity index (χ2n) is 3.33. The molecule has 6 heteroatoms. The number of ether oxygens (including phenoxy) is 1. The van der Waals surface area contributed by atoms with Crippen molar-refractivity contribution in [3.8, 4) is 6.07 Å². The summed E-state index contributed by atoms with van der Waals surface area (Å²) in [5.41, 5.74) is 4.44. The van der Waals surface area contributed by atoms with Gasteiger partial charge in [0.2, 0.25) is 0 Å². The number of nitrogens with one attached hydrogen (secondary N) is 1. The summed E-state index contributed by atoms with van der Waals surface area (Å²) in [6.45, 7) is 3.88. The van der Waals surface area contributed by atoms with E-state index in [1.807, 2.05) is 6.92 Å². The first-order valence-corrected chi connectivity index (χ1v) is 5.12. The molecule has 0 spiro atoms. The van der Waals surface area contributed by atoms with Crippen molar-refractivity contribution in [2.24, 2.45) is 12.1 Å². The molecule has 0 aliphatic rings. The van der Waals surface area contributed by atoms with Gasteiger partial charge in [-0.2, -0.15) is 10.4 Å². The molecular formula is C11H14N4O2. The van der Waals surface area contributed by atoms with E-state index < -0.39 is 6.09 Å². The normalized spacial score (nSPS) is 10.2. The fourth-order valence-corrected chi connectivity index (χ4v) is 1.28. The average Bonchev–Trinajstić information content (AvgIpc) is 2.57. The molecule has 0 atom stereocenters. The molecule has 90 valence electrons. The lowest BCUT2D eigenvalue weighted by Gasteiger charge is -1.99. The minimum absolute atomic E-state index is 0.296. The van der Waals surface area contributed by atoms with Gasteiger partial charge in [-0.25, -0.2) is 10.2 Å². The molecule has 17 heavy (non-hydrogen) atoms. The number of aromatic nitrogens is 1. The summed E-state index contributed by atoms with van der Waals surface area (Å²) in [6.07, 6.45) is 0.880. The SMILES string of the molecule is CCOC(=O)NN=Cc1cc(C#N)n(C)c1C. The third kappa shape index (κ3) is 3.08. The zero-order valence-corrected chi connectivity index (χ0v) is 10.0. The van der Waals surface area contributed by atoms with E-state index in [2.05, 4.69) is 21.3 Å². The molecule has 1 aromatic rings. The van der Waals surface area contributed by atoms with Crippen LogP contribution in [0.5, 0.6) is 0 Å². The number of hydrogen-bond donors (Lipinski definition) is 1. The molecule has 0 saturated carbocycles. The van der Waals surface area contributed by atoms with Crippen LogP contribution < -0.4 is 5.43 Å². The Morgan fingerprint density at radius 3 is 3.00 bits per heavy atom. The average molecular weight is 234 g/mol. The highest BCUT2D eigenvalue weighted by Crippen LogP contribution is 2.10. The third-order valence-electron chi connectivity index (χ3n) is 2.32. The van der Waals surface area contributed by atoms with E-state index in [0.29, 0.717) is 12.3 Å². The standard InChI is InChI=1S/C11H14N4O2/c1-4-17-11(16)14-13-7-9-5-10(6-12)15(3)8(9)2/h5,7H,4H2,1-3H3,(H,14,16). The van der Waals surface area contributed by atoms with Gasteiger partial charge in [0.15, 0.2) is 0 Å². The quantitative estimate of drug-likeness (QED) is 0.632. The molecule has 0 saturated heterocycles. The molecule has 0 unspecified atom stereocenters. The lowest BCUT2D eigenvalue weighted by molar-refractivity contribution is 0.152.